The minimum absolute atomic E-state index is 0.00169. The fourth-order valence-corrected chi connectivity index (χ4v) is 1.67. The fourth-order valence-electron chi connectivity index (χ4n) is 1.67. The predicted octanol–water partition coefficient (Wildman–Crippen LogP) is 4.09. The SMILES string of the molecule is COc1ccccc1Oc1cc(N)cc(C(F)(F)F)c1. The maximum absolute atomic E-state index is 12.7. The molecule has 20 heavy (non-hydrogen) atoms. The predicted molar refractivity (Wildman–Crippen MR) is 68.9 cm³/mol. The number of hydrogen-bond acceptors (Lipinski definition) is 3. The van der Waals surface area contributed by atoms with Crippen molar-refractivity contribution in [3.8, 4) is 17.2 Å². The zero-order chi connectivity index (χ0) is 14.8. The molecule has 106 valence electrons. The van der Waals surface area contributed by atoms with Gasteiger partial charge in [0, 0.05) is 11.8 Å². The number of nitrogens with two attached hydrogens (primary N) is 1. The molecule has 0 heterocycles. The minimum atomic E-state index is -4.48. The average molecular weight is 283 g/mol. The third-order valence-corrected chi connectivity index (χ3v) is 2.55. The molecule has 0 spiro atoms. The van der Waals surface area contributed by atoms with Crippen LogP contribution in [-0.2, 0) is 6.18 Å². The molecule has 0 radical (unpaired) electrons. The third kappa shape index (κ3) is 3.14. The first-order chi connectivity index (χ1) is 9.40. The highest BCUT2D eigenvalue weighted by molar-refractivity contribution is 5.51. The second kappa shape index (κ2) is 5.32. The number of halogens is 3. The molecule has 2 aromatic carbocycles. The molecule has 2 aromatic rings. The number of nitrogen functional groups attached to an aromatic ring is 1. The van der Waals surface area contributed by atoms with Crippen LogP contribution in [0.25, 0.3) is 0 Å². The lowest BCUT2D eigenvalue weighted by atomic mass is 10.2. The summed E-state index contributed by atoms with van der Waals surface area (Å²) >= 11 is 0. The van der Waals surface area contributed by atoms with Crippen LogP contribution >= 0.6 is 0 Å². The quantitative estimate of drug-likeness (QED) is 0.863. The number of rotatable bonds is 3. The summed E-state index contributed by atoms with van der Waals surface area (Å²) in [6.45, 7) is 0. The number of ether oxygens (including phenoxy) is 2. The van der Waals surface area contributed by atoms with E-state index >= 15 is 0 Å². The second-order valence-corrected chi connectivity index (χ2v) is 4.04. The molecule has 6 heteroatoms. The summed E-state index contributed by atoms with van der Waals surface area (Å²) in [5.41, 5.74) is 4.59. The van der Waals surface area contributed by atoms with E-state index in [4.69, 9.17) is 15.2 Å². The summed E-state index contributed by atoms with van der Waals surface area (Å²) in [5.74, 6) is 0.735. The van der Waals surface area contributed by atoms with Gasteiger partial charge in [0.05, 0.1) is 12.7 Å². The fraction of sp³-hybridized carbons (Fsp3) is 0.143. The third-order valence-electron chi connectivity index (χ3n) is 2.55. The Labute approximate surface area is 113 Å². The Kier molecular flexibility index (Phi) is 3.74. The molecule has 0 saturated carbocycles. The Bertz CT molecular complexity index is 612. The Balaban J connectivity index is 2.36. The van der Waals surface area contributed by atoms with Crippen LogP contribution in [0.1, 0.15) is 5.56 Å². The molecule has 0 aliphatic rings. The summed E-state index contributed by atoms with van der Waals surface area (Å²) in [6, 6.07) is 9.72. The van der Waals surface area contributed by atoms with Gasteiger partial charge in [0.1, 0.15) is 5.75 Å². The first kappa shape index (κ1) is 14.0. The van der Waals surface area contributed by atoms with E-state index in [1.165, 1.54) is 13.2 Å². The molecule has 0 atom stereocenters. The van der Waals surface area contributed by atoms with Crippen molar-refractivity contribution in [2.75, 3.05) is 12.8 Å². The van der Waals surface area contributed by atoms with Crippen molar-refractivity contribution in [3.05, 3.63) is 48.0 Å². The molecule has 2 N–H and O–H groups in total. The highest BCUT2D eigenvalue weighted by Crippen LogP contribution is 2.36. The zero-order valence-corrected chi connectivity index (χ0v) is 10.6. The standard InChI is InChI=1S/C14H12F3NO2/c1-19-12-4-2-3-5-13(12)20-11-7-9(14(15,16)17)6-10(18)8-11/h2-8H,18H2,1H3. The van der Waals surface area contributed by atoms with Gasteiger partial charge in [-0.25, -0.2) is 0 Å². The van der Waals surface area contributed by atoms with Gasteiger partial charge in [-0.15, -0.1) is 0 Å². The lowest BCUT2D eigenvalue weighted by Gasteiger charge is -2.13. The van der Waals surface area contributed by atoms with E-state index in [0.717, 1.165) is 12.1 Å². The van der Waals surface area contributed by atoms with E-state index in [-0.39, 0.29) is 11.4 Å². The second-order valence-electron chi connectivity index (χ2n) is 4.04. The Hall–Kier alpha value is -2.37. The molecule has 0 fully saturated rings. The normalized spacial score (nSPS) is 11.2. The van der Waals surface area contributed by atoms with Crippen LogP contribution in [0.5, 0.6) is 17.2 Å². The summed E-state index contributed by atoms with van der Waals surface area (Å²) in [5, 5.41) is 0. The number of methoxy groups -OCH3 is 1. The van der Waals surface area contributed by atoms with Crippen LogP contribution in [0.3, 0.4) is 0 Å². The summed E-state index contributed by atoms with van der Waals surface area (Å²) < 4.78 is 48.6. The highest BCUT2D eigenvalue weighted by Gasteiger charge is 2.31. The van der Waals surface area contributed by atoms with Crippen LogP contribution in [0, 0.1) is 0 Å². The van der Waals surface area contributed by atoms with Gasteiger partial charge in [-0.2, -0.15) is 13.2 Å². The van der Waals surface area contributed by atoms with E-state index in [1.54, 1.807) is 24.3 Å². The minimum Gasteiger partial charge on any atom is -0.493 e. The number of benzene rings is 2. The largest absolute Gasteiger partial charge is 0.493 e. The monoisotopic (exact) mass is 283 g/mol. The van der Waals surface area contributed by atoms with Crippen LogP contribution in [-0.4, -0.2) is 7.11 Å². The van der Waals surface area contributed by atoms with Crippen molar-refractivity contribution >= 4 is 5.69 Å². The first-order valence-corrected chi connectivity index (χ1v) is 5.69. The van der Waals surface area contributed by atoms with E-state index in [1.807, 2.05) is 0 Å². The molecule has 0 aromatic heterocycles. The lowest BCUT2D eigenvalue weighted by molar-refractivity contribution is -0.137. The zero-order valence-electron chi connectivity index (χ0n) is 10.6. The molecule has 2 rings (SSSR count). The van der Waals surface area contributed by atoms with Crippen molar-refractivity contribution in [1.29, 1.82) is 0 Å². The lowest BCUT2D eigenvalue weighted by Crippen LogP contribution is -2.06. The molecule has 0 bridgehead atoms. The van der Waals surface area contributed by atoms with E-state index in [0.29, 0.717) is 11.5 Å². The molecule has 0 amide bonds. The summed E-state index contributed by atoms with van der Waals surface area (Å²) in [6.07, 6.45) is -4.48. The Morgan fingerprint density at radius 3 is 2.25 bits per heavy atom. The van der Waals surface area contributed by atoms with Crippen molar-refractivity contribution in [3.63, 3.8) is 0 Å². The van der Waals surface area contributed by atoms with Crippen LogP contribution < -0.4 is 15.2 Å². The van der Waals surface area contributed by atoms with Crippen molar-refractivity contribution in [2.24, 2.45) is 0 Å². The van der Waals surface area contributed by atoms with Crippen molar-refractivity contribution in [1.82, 2.24) is 0 Å². The number of alkyl halides is 3. The molecule has 0 aliphatic heterocycles. The molecule has 0 unspecified atom stereocenters. The van der Waals surface area contributed by atoms with Gasteiger partial charge in [0.15, 0.2) is 11.5 Å². The van der Waals surface area contributed by atoms with E-state index < -0.39 is 11.7 Å². The number of para-hydroxylation sites is 2. The summed E-state index contributed by atoms with van der Waals surface area (Å²) in [7, 11) is 1.45. The Morgan fingerprint density at radius 1 is 1.00 bits per heavy atom. The average Bonchev–Trinajstić information content (AvgIpc) is 2.37. The Morgan fingerprint density at radius 2 is 1.65 bits per heavy atom. The molecular weight excluding hydrogens is 271 g/mol. The summed E-state index contributed by atoms with van der Waals surface area (Å²) in [4.78, 5) is 0. The molecule has 3 nitrogen and oxygen atoms in total. The highest BCUT2D eigenvalue weighted by atomic mass is 19.4. The van der Waals surface area contributed by atoms with Gasteiger partial charge in [-0.1, -0.05) is 12.1 Å². The van der Waals surface area contributed by atoms with Crippen molar-refractivity contribution < 1.29 is 22.6 Å². The topological polar surface area (TPSA) is 44.5 Å². The van der Waals surface area contributed by atoms with Crippen molar-refractivity contribution in [2.45, 2.75) is 6.18 Å². The smallest absolute Gasteiger partial charge is 0.416 e. The van der Waals surface area contributed by atoms with Crippen LogP contribution in [0.4, 0.5) is 18.9 Å². The maximum Gasteiger partial charge on any atom is 0.416 e. The number of hydrogen-bond donors (Lipinski definition) is 1. The van der Waals surface area contributed by atoms with E-state index in [2.05, 4.69) is 0 Å². The van der Waals surface area contributed by atoms with Gasteiger partial charge < -0.3 is 15.2 Å². The van der Waals surface area contributed by atoms with Gasteiger partial charge in [0.2, 0.25) is 0 Å². The molecule has 0 aliphatic carbocycles. The maximum atomic E-state index is 12.7. The van der Waals surface area contributed by atoms with Gasteiger partial charge in [-0.05, 0) is 24.3 Å². The van der Waals surface area contributed by atoms with Gasteiger partial charge in [-0.3, -0.25) is 0 Å². The van der Waals surface area contributed by atoms with Crippen LogP contribution in [0.2, 0.25) is 0 Å². The van der Waals surface area contributed by atoms with Gasteiger partial charge >= 0.3 is 6.18 Å². The first-order valence-electron chi connectivity index (χ1n) is 5.69. The van der Waals surface area contributed by atoms with Crippen LogP contribution in [0.15, 0.2) is 42.5 Å². The number of anilines is 1. The molecular formula is C14H12F3NO2. The molecule has 0 saturated heterocycles. The van der Waals surface area contributed by atoms with E-state index in [9.17, 15) is 13.2 Å². The van der Waals surface area contributed by atoms with Gasteiger partial charge in [0.25, 0.3) is 0 Å².